The summed E-state index contributed by atoms with van der Waals surface area (Å²) in [6.45, 7) is 8.15. The first-order valence-corrected chi connectivity index (χ1v) is 8.82. The van der Waals surface area contributed by atoms with Crippen LogP contribution in [0.5, 0.6) is 5.75 Å². The summed E-state index contributed by atoms with van der Waals surface area (Å²) in [6.07, 6.45) is 2.35. The minimum Gasteiger partial charge on any atom is -0.508 e. The molecule has 0 unspecified atom stereocenters. The van der Waals surface area contributed by atoms with Crippen LogP contribution in [-0.4, -0.2) is 46.7 Å². The number of benzene rings is 1. The van der Waals surface area contributed by atoms with E-state index in [4.69, 9.17) is 9.47 Å². The van der Waals surface area contributed by atoms with Crippen molar-refractivity contribution in [2.75, 3.05) is 13.2 Å². The smallest absolute Gasteiger partial charge is 0.317 e. The fourth-order valence-corrected chi connectivity index (χ4v) is 3.57. The lowest BCUT2D eigenvalue weighted by Gasteiger charge is -2.43. The van der Waals surface area contributed by atoms with Crippen LogP contribution in [0.2, 0.25) is 0 Å². The molecule has 7 nitrogen and oxygen atoms in total. The van der Waals surface area contributed by atoms with E-state index in [1.54, 1.807) is 0 Å². The minimum atomic E-state index is -1.73. The highest BCUT2D eigenvalue weighted by Gasteiger charge is 2.57. The highest BCUT2D eigenvalue weighted by Crippen LogP contribution is 2.46. The molecule has 0 bridgehead atoms. The second-order valence-corrected chi connectivity index (χ2v) is 6.91. The second kappa shape index (κ2) is 8.84. The van der Waals surface area contributed by atoms with E-state index in [1.807, 2.05) is 0 Å². The molecular weight excluding hydrogens is 364 g/mol. The molecule has 1 aromatic carbocycles. The van der Waals surface area contributed by atoms with Crippen molar-refractivity contribution in [3.05, 3.63) is 55.1 Å². The molecule has 0 saturated heterocycles. The van der Waals surface area contributed by atoms with Gasteiger partial charge in [0.25, 0.3) is 0 Å². The van der Waals surface area contributed by atoms with Gasteiger partial charge in [0.1, 0.15) is 24.9 Å². The Hall–Kier alpha value is -2.93. The largest absolute Gasteiger partial charge is 0.508 e. The summed E-state index contributed by atoms with van der Waals surface area (Å²) in [5.41, 5.74) is -1.31. The molecule has 150 valence electrons. The van der Waals surface area contributed by atoms with Gasteiger partial charge in [0, 0.05) is 12.3 Å². The van der Waals surface area contributed by atoms with Crippen LogP contribution in [0.3, 0.4) is 0 Å². The number of phenols is 1. The SMILES string of the molecule is C=CCOC(=O)[C@@H]1C(=O)C[C@](C)(O)[C@H](C(=O)OCC=C)[C@H]1c1ccc(O)cc1. The highest BCUT2D eigenvalue weighted by molar-refractivity contribution is 6.02. The molecule has 0 amide bonds. The van der Waals surface area contributed by atoms with Gasteiger partial charge in [-0.15, -0.1) is 0 Å². The predicted molar refractivity (Wildman–Crippen MR) is 100 cm³/mol. The molecule has 1 aliphatic rings. The van der Waals surface area contributed by atoms with Gasteiger partial charge in [-0.2, -0.15) is 0 Å². The number of aromatic hydroxyl groups is 1. The first kappa shape index (κ1) is 21.4. The van der Waals surface area contributed by atoms with Crippen LogP contribution in [0.4, 0.5) is 0 Å². The van der Waals surface area contributed by atoms with Gasteiger partial charge < -0.3 is 19.7 Å². The third-order valence-corrected chi connectivity index (χ3v) is 4.74. The molecule has 0 spiro atoms. The van der Waals surface area contributed by atoms with E-state index >= 15 is 0 Å². The van der Waals surface area contributed by atoms with Crippen molar-refractivity contribution >= 4 is 17.7 Å². The average Bonchev–Trinajstić information content (AvgIpc) is 2.63. The summed E-state index contributed by atoms with van der Waals surface area (Å²) in [5, 5.41) is 20.4. The summed E-state index contributed by atoms with van der Waals surface area (Å²) in [6, 6.07) is 5.75. The van der Waals surface area contributed by atoms with Gasteiger partial charge in [-0.3, -0.25) is 14.4 Å². The maximum atomic E-state index is 12.8. The zero-order chi connectivity index (χ0) is 20.9. The Morgan fingerprint density at radius 3 is 2.21 bits per heavy atom. The van der Waals surface area contributed by atoms with Crippen LogP contribution in [0.15, 0.2) is 49.6 Å². The molecule has 1 aromatic rings. The molecule has 0 aromatic heterocycles. The third-order valence-electron chi connectivity index (χ3n) is 4.74. The van der Waals surface area contributed by atoms with Crippen molar-refractivity contribution in [1.82, 2.24) is 0 Å². The first-order chi connectivity index (χ1) is 13.2. The van der Waals surface area contributed by atoms with Crippen LogP contribution >= 0.6 is 0 Å². The van der Waals surface area contributed by atoms with Crippen LogP contribution in [0, 0.1) is 11.8 Å². The molecule has 1 fully saturated rings. The molecule has 4 atom stereocenters. The number of hydrogen-bond donors (Lipinski definition) is 2. The summed E-state index contributed by atoms with van der Waals surface area (Å²) >= 11 is 0. The van der Waals surface area contributed by atoms with Gasteiger partial charge in [0.2, 0.25) is 0 Å². The summed E-state index contributed by atoms with van der Waals surface area (Å²) < 4.78 is 10.2. The van der Waals surface area contributed by atoms with Gasteiger partial charge in [0.05, 0.1) is 11.5 Å². The minimum absolute atomic E-state index is 0.0192. The lowest BCUT2D eigenvalue weighted by atomic mass is 9.61. The Morgan fingerprint density at radius 1 is 1.14 bits per heavy atom. The fraction of sp³-hybridized carbons (Fsp3) is 0.381. The zero-order valence-corrected chi connectivity index (χ0v) is 15.7. The van der Waals surface area contributed by atoms with Crippen molar-refractivity contribution in [3.63, 3.8) is 0 Å². The van der Waals surface area contributed by atoms with Crippen LogP contribution in [-0.2, 0) is 23.9 Å². The Bertz CT molecular complexity index is 763. The Labute approximate surface area is 163 Å². The van der Waals surface area contributed by atoms with Gasteiger partial charge in [0.15, 0.2) is 5.78 Å². The fourth-order valence-electron chi connectivity index (χ4n) is 3.57. The van der Waals surface area contributed by atoms with E-state index in [-0.39, 0.29) is 19.0 Å². The Kier molecular flexibility index (Phi) is 6.75. The molecule has 0 heterocycles. The van der Waals surface area contributed by atoms with Crippen molar-refractivity contribution in [1.29, 1.82) is 0 Å². The molecule has 0 radical (unpaired) electrons. The Balaban J connectivity index is 2.56. The van der Waals surface area contributed by atoms with E-state index in [0.717, 1.165) is 0 Å². The maximum absolute atomic E-state index is 12.8. The van der Waals surface area contributed by atoms with Crippen molar-refractivity contribution in [3.8, 4) is 5.75 Å². The summed E-state index contributed by atoms with van der Waals surface area (Å²) in [7, 11) is 0. The van der Waals surface area contributed by atoms with Crippen LogP contribution in [0.25, 0.3) is 0 Å². The number of aliphatic hydroxyl groups is 1. The number of esters is 2. The molecular formula is C21H24O7. The number of ketones is 1. The van der Waals surface area contributed by atoms with E-state index in [0.29, 0.717) is 5.56 Å². The van der Waals surface area contributed by atoms with Crippen LogP contribution in [0.1, 0.15) is 24.8 Å². The number of phenolic OH excluding ortho intramolecular Hbond substituents is 1. The van der Waals surface area contributed by atoms with E-state index < -0.39 is 47.5 Å². The average molecular weight is 388 g/mol. The second-order valence-electron chi connectivity index (χ2n) is 6.91. The Morgan fingerprint density at radius 2 is 1.68 bits per heavy atom. The van der Waals surface area contributed by atoms with E-state index in [2.05, 4.69) is 13.2 Å². The van der Waals surface area contributed by atoms with Gasteiger partial charge in [-0.25, -0.2) is 0 Å². The molecule has 1 aliphatic carbocycles. The number of hydrogen-bond acceptors (Lipinski definition) is 7. The molecule has 2 N–H and O–H groups in total. The predicted octanol–water partition coefficient (Wildman–Crippen LogP) is 1.89. The zero-order valence-electron chi connectivity index (χ0n) is 15.7. The molecule has 28 heavy (non-hydrogen) atoms. The monoisotopic (exact) mass is 388 g/mol. The summed E-state index contributed by atoms with van der Waals surface area (Å²) in [4.78, 5) is 38.1. The number of rotatable bonds is 7. The van der Waals surface area contributed by atoms with E-state index in [1.165, 1.54) is 43.3 Å². The topological polar surface area (TPSA) is 110 Å². The highest BCUT2D eigenvalue weighted by atomic mass is 16.5. The summed E-state index contributed by atoms with van der Waals surface area (Å²) in [5.74, 6) is -5.63. The lowest BCUT2D eigenvalue weighted by Crippen LogP contribution is -2.55. The van der Waals surface area contributed by atoms with Crippen molar-refractivity contribution < 1.29 is 34.1 Å². The van der Waals surface area contributed by atoms with Gasteiger partial charge >= 0.3 is 11.9 Å². The molecule has 7 heteroatoms. The van der Waals surface area contributed by atoms with Crippen molar-refractivity contribution in [2.24, 2.45) is 11.8 Å². The van der Waals surface area contributed by atoms with E-state index in [9.17, 15) is 24.6 Å². The number of Topliss-reactive ketones (excluding diaryl/α,β-unsaturated/α-hetero) is 1. The normalized spacial score (nSPS) is 26.9. The molecule has 0 aliphatic heterocycles. The quantitative estimate of drug-likeness (QED) is 0.417. The van der Waals surface area contributed by atoms with Gasteiger partial charge in [-0.1, -0.05) is 37.4 Å². The third kappa shape index (κ3) is 4.48. The van der Waals surface area contributed by atoms with Crippen LogP contribution < -0.4 is 0 Å². The molecule has 1 saturated carbocycles. The number of ether oxygens (including phenoxy) is 2. The standard InChI is InChI=1S/C21H24O7/c1-4-10-27-19(24)17-15(23)12-21(3,26)18(20(25)28-11-5-2)16(17)13-6-8-14(22)9-7-13/h4-9,16-18,22,26H,1-2,10-12H2,3H3/t16-,17+,18-,21-/m0/s1. The molecule has 2 rings (SSSR count). The first-order valence-electron chi connectivity index (χ1n) is 8.82. The van der Waals surface area contributed by atoms with Crippen molar-refractivity contribution in [2.45, 2.75) is 24.9 Å². The van der Waals surface area contributed by atoms with Gasteiger partial charge in [-0.05, 0) is 24.6 Å². The number of carbonyl (C=O) groups excluding carboxylic acids is 3. The lowest BCUT2D eigenvalue weighted by molar-refractivity contribution is -0.171. The number of carbonyl (C=O) groups is 3. The maximum Gasteiger partial charge on any atom is 0.317 e.